The zero-order chi connectivity index (χ0) is 17.6. The van der Waals surface area contributed by atoms with Gasteiger partial charge in [-0.2, -0.15) is 0 Å². The molecule has 0 radical (unpaired) electrons. The third-order valence-electron chi connectivity index (χ3n) is 4.26. The summed E-state index contributed by atoms with van der Waals surface area (Å²) in [5.74, 6) is -1.20. The molecule has 0 saturated heterocycles. The number of hydrogen-bond donors (Lipinski definition) is 1. The van der Waals surface area contributed by atoms with E-state index in [-0.39, 0.29) is 29.9 Å². The van der Waals surface area contributed by atoms with E-state index in [2.05, 4.69) is 21.2 Å². The number of nitrogens with one attached hydrogen (secondary N) is 1. The number of carbonyl (C=O) groups excluding carboxylic acids is 1. The van der Waals surface area contributed by atoms with Crippen LogP contribution in [0.1, 0.15) is 22.8 Å². The van der Waals surface area contributed by atoms with Crippen LogP contribution in [-0.4, -0.2) is 5.91 Å². The first kappa shape index (κ1) is 16.4. The summed E-state index contributed by atoms with van der Waals surface area (Å²) in [6, 6.07) is 11.0. The molecule has 0 spiro atoms. The van der Waals surface area contributed by atoms with E-state index in [0.29, 0.717) is 16.8 Å². The number of rotatable bonds is 2. The Labute approximate surface area is 155 Å². The summed E-state index contributed by atoms with van der Waals surface area (Å²) < 4.78 is 28.7. The maximum Gasteiger partial charge on any atom is 0.225 e. The Bertz CT molecular complexity index is 985. The number of hydrogen-bond acceptors (Lipinski definition) is 2. The molecule has 1 amide bonds. The highest BCUT2D eigenvalue weighted by atomic mass is 79.9. The first-order chi connectivity index (χ1) is 12.0. The van der Waals surface area contributed by atoms with Gasteiger partial charge in [0.15, 0.2) is 0 Å². The van der Waals surface area contributed by atoms with Crippen molar-refractivity contribution in [1.82, 2.24) is 0 Å². The van der Waals surface area contributed by atoms with Crippen molar-refractivity contribution in [3.8, 4) is 11.1 Å². The lowest BCUT2D eigenvalue weighted by molar-refractivity contribution is -0.116. The lowest BCUT2D eigenvalue weighted by atomic mass is 9.89. The second kappa shape index (κ2) is 6.35. The number of halogens is 3. The minimum Gasteiger partial charge on any atom is -0.325 e. The first-order valence-corrected chi connectivity index (χ1v) is 9.32. The summed E-state index contributed by atoms with van der Waals surface area (Å²) in [7, 11) is 0. The predicted octanol–water partition coefficient (Wildman–Crippen LogP) is 5.93. The molecule has 2 nitrogen and oxygen atoms in total. The molecule has 0 unspecified atom stereocenters. The van der Waals surface area contributed by atoms with Gasteiger partial charge in [-0.15, -0.1) is 11.3 Å². The second-order valence-corrected chi connectivity index (χ2v) is 7.70. The molecule has 1 atom stereocenters. The smallest absolute Gasteiger partial charge is 0.225 e. The predicted molar refractivity (Wildman–Crippen MR) is 98.9 cm³/mol. The van der Waals surface area contributed by atoms with Crippen molar-refractivity contribution >= 4 is 38.9 Å². The van der Waals surface area contributed by atoms with Gasteiger partial charge in [-0.1, -0.05) is 28.1 Å². The summed E-state index contributed by atoms with van der Waals surface area (Å²) >= 11 is 4.82. The number of fused-ring (bicyclic) bond motifs is 1. The Morgan fingerprint density at radius 2 is 2.00 bits per heavy atom. The molecule has 2 aromatic carbocycles. The minimum atomic E-state index is -0.353. The maximum absolute atomic E-state index is 14.4. The van der Waals surface area contributed by atoms with Crippen molar-refractivity contribution < 1.29 is 13.6 Å². The molecule has 2 heterocycles. The van der Waals surface area contributed by atoms with Crippen LogP contribution in [0.3, 0.4) is 0 Å². The number of thiophene rings is 1. The number of carbonyl (C=O) groups is 1. The largest absolute Gasteiger partial charge is 0.325 e. The van der Waals surface area contributed by atoms with Crippen LogP contribution in [-0.2, 0) is 4.79 Å². The molecule has 0 fully saturated rings. The van der Waals surface area contributed by atoms with Crippen LogP contribution >= 0.6 is 27.3 Å². The van der Waals surface area contributed by atoms with E-state index < -0.39 is 0 Å². The highest BCUT2D eigenvalue weighted by molar-refractivity contribution is 9.10. The summed E-state index contributed by atoms with van der Waals surface area (Å²) in [5.41, 5.74) is 2.58. The SMILES string of the molecule is O=C1C[C@H](c2cc(Br)ccc2F)c2scc(-c3cccc(F)c3)c2N1. The molecule has 0 bridgehead atoms. The van der Waals surface area contributed by atoms with Crippen LogP contribution in [0.5, 0.6) is 0 Å². The van der Waals surface area contributed by atoms with Crippen molar-refractivity contribution in [2.75, 3.05) is 5.32 Å². The topological polar surface area (TPSA) is 29.1 Å². The molecular formula is C19H12BrF2NOS. The highest BCUT2D eigenvalue weighted by Gasteiger charge is 2.32. The summed E-state index contributed by atoms with van der Waals surface area (Å²) in [6.45, 7) is 0. The molecule has 3 aromatic rings. The molecule has 25 heavy (non-hydrogen) atoms. The summed E-state index contributed by atoms with van der Waals surface area (Å²) in [5, 5.41) is 4.76. The van der Waals surface area contributed by atoms with Crippen molar-refractivity contribution in [2.24, 2.45) is 0 Å². The molecule has 6 heteroatoms. The third kappa shape index (κ3) is 3.00. The van der Waals surface area contributed by atoms with Crippen molar-refractivity contribution in [2.45, 2.75) is 12.3 Å². The monoisotopic (exact) mass is 419 g/mol. The average molecular weight is 420 g/mol. The molecule has 4 rings (SSSR count). The molecule has 126 valence electrons. The summed E-state index contributed by atoms with van der Waals surface area (Å²) in [6.07, 6.45) is 0.184. The average Bonchev–Trinajstić information content (AvgIpc) is 3.00. The Balaban J connectivity index is 1.86. The lowest BCUT2D eigenvalue weighted by Gasteiger charge is -2.24. The van der Waals surface area contributed by atoms with Gasteiger partial charge < -0.3 is 5.32 Å². The van der Waals surface area contributed by atoms with E-state index >= 15 is 0 Å². The zero-order valence-corrected chi connectivity index (χ0v) is 15.3. The van der Waals surface area contributed by atoms with Gasteiger partial charge in [-0.05, 0) is 41.5 Å². The normalized spacial score (nSPS) is 16.4. The van der Waals surface area contributed by atoms with E-state index in [1.807, 2.05) is 5.38 Å². The molecule has 0 aliphatic carbocycles. The molecule has 1 aromatic heterocycles. The fourth-order valence-corrected chi connectivity index (χ4v) is 4.66. The third-order valence-corrected chi connectivity index (χ3v) is 5.85. The van der Waals surface area contributed by atoms with Gasteiger partial charge in [0, 0.05) is 32.6 Å². The number of anilines is 1. The van der Waals surface area contributed by atoms with Crippen LogP contribution in [0.15, 0.2) is 52.3 Å². The summed E-state index contributed by atoms with van der Waals surface area (Å²) in [4.78, 5) is 13.1. The van der Waals surface area contributed by atoms with E-state index in [1.165, 1.54) is 29.5 Å². The van der Waals surface area contributed by atoms with Gasteiger partial charge in [0.1, 0.15) is 11.6 Å². The van der Waals surface area contributed by atoms with Gasteiger partial charge in [0.25, 0.3) is 0 Å². The van der Waals surface area contributed by atoms with E-state index in [4.69, 9.17) is 0 Å². The van der Waals surface area contributed by atoms with E-state index in [9.17, 15) is 13.6 Å². The first-order valence-electron chi connectivity index (χ1n) is 7.65. The van der Waals surface area contributed by atoms with Crippen LogP contribution < -0.4 is 5.32 Å². The highest BCUT2D eigenvalue weighted by Crippen LogP contribution is 2.47. The Kier molecular flexibility index (Phi) is 4.17. The van der Waals surface area contributed by atoms with Crippen LogP contribution in [0.4, 0.5) is 14.5 Å². The van der Waals surface area contributed by atoms with E-state index in [0.717, 1.165) is 14.9 Å². The van der Waals surface area contributed by atoms with Gasteiger partial charge in [0.2, 0.25) is 5.91 Å². The maximum atomic E-state index is 14.4. The Morgan fingerprint density at radius 3 is 2.80 bits per heavy atom. The number of benzene rings is 2. The van der Waals surface area contributed by atoms with Gasteiger partial charge in [-0.25, -0.2) is 8.78 Å². The van der Waals surface area contributed by atoms with Crippen LogP contribution in [0.25, 0.3) is 11.1 Å². The van der Waals surface area contributed by atoms with Gasteiger partial charge in [-0.3, -0.25) is 4.79 Å². The molecule has 0 saturated carbocycles. The minimum absolute atomic E-state index is 0.173. The Hall–Kier alpha value is -2.05. The molecular weight excluding hydrogens is 408 g/mol. The van der Waals surface area contributed by atoms with Crippen molar-refractivity contribution in [3.63, 3.8) is 0 Å². The van der Waals surface area contributed by atoms with Gasteiger partial charge in [0.05, 0.1) is 5.69 Å². The zero-order valence-electron chi connectivity index (χ0n) is 12.9. The quantitative estimate of drug-likeness (QED) is 0.547. The van der Waals surface area contributed by atoms with Crippen LogP contribution in [0.2, 0.25) is 0 Å². The van der Waals surface area contributed by atoms with Gasteiger partial charge >= 0.3 is 0 Å². The number of amides is 1. The van der Waals surface area contributed by atoms with Crippen LogP contribution in [0, 0.1) is 11.6 Å². The lowest BCUT2D eigenvalue weighted by Crippen LogP contribution is -2.23. The fraction of sp³-hybridized carbons (Fsp3) is 0.105. The molecule has 1 N–H and O–H groups in total. The second-order valence-electron chi connectivity index (χ2n) is 5.87. The standard InChI is InChI=1S/C19H12BrF2NOS/c20-11-4-5-16(22)13(7-11)14-8-17(24)23-18-15(9-25-19(14)18)10-2-1-3-12(21)6-10/h1-7,9,14H,8H2,(H,23,24)/t14-/m1/s1. The molecule has 1 aliphatic heterocycles. The van der Waals surface area contributed by atoms with Crippen molar-refractivity contribution in [3.05, 3.63) is 74.4 Å². The fourth-order valence-electron chi connectivity index (χ4n) is 3.13. The van der Waals surface area contributed by atoms with Crippen molar-refractivity contribution in [1.29, 1.82) is 0 Å². The molecule has 1 aliphatic rings. The Morgan fingerprint density at radius 1 is 1.16 bits per heavy atom. The van der Waals surface area contributed by atoms with E-state index in [1.54, 1.807) is 24.3 Å².